The lowest BCUT2D eigenvalue weighted by molar-refractivity contribution is 0.111. The van der Waals surface area contributed by atoms with Gasteiger partial charge >= 0.3 is 0 Å². The van der Waals surface area contributed by atoms with Crippen LogP contribution in [0.25, 0.3) is 0 Å². The third-order valence-corrected chi connectivity index (χ3v) is 6.37. The van der Waals surface area contributed by atoms with E-state index < -0.39 is 0 Å². The quantitative estimate of drug-likeness (QED) is 0.655. The average Bonchev–Trinajstić information content (AvgIpc) is 3.43. The second kappa shape index (κ2) is 8.76. The number of methoxy groups -OCH3 is 1. The van der Waals surface area contributed by atoms with E-state index in [-0.39, 0.29) is 0 Å². The van der Waals surface area contributed by atoms with Crippen molar-refractivity contribution < 1.29 is 14.3 Å². The van der Waals surface area contributed by atoms with Crippen molar-refractivity contribution in [2.24, 2.45) is 5.92 Å². The van der Waals surface area contributed by atoms with Crippen LogP contribution in [0, 0.1) is 5.92 Å². The minimum Gasteiger partial charge on any atom is -0.494 e. The molecule has 2 aliphatic rings. The summed E-state index contributed by atoms with van der Waals surface area (Å²) in [7, 11) is 1.54. The zero-order valence-electron chi connectivity index (χ0n) is 16.5. The smallest absolute Gasteiger partial charge is 0.157 e. The van der Waals surface area contributed by atoms with E-state index in [1.807, 2.05) is 6.20 Å². The standard InChI is InChI=1S/C22H29N3O3/c1-27-21-12-23-13-22(19(21)14-26)28-15-16-6-2-5-9-18(16)20-10-11-24-25(20)17-7-3-4-8-17/h10-14,16-18H,2-9,15H2,1H3. The van der Waals surface area contributed by atoms with Crippen LogP contribution < -0.4 is 9.47 Å². The van der Waals surface area contributed by atoms with E-state index in [4.69, 9.17) is 9.47 Å². The first kappa shape index (κ1) is 19.0. The maximum absolute atomic E-state index is 11.5. The zero-order valence-corrected chi connectivity index (χ0v) is 16.5. The van der Waals surface area contributed by atoms with Crippen LogP contribution in [0.3, 0.4) is 0 Å². The van der Waals surface area contributed by atoms with Crippen molar-refractivity contribution in [2.45, 2.75) is 63.3 Å². The number of ether oxygens (including phenoxy) is 2. The van der Waals surface area contributed by atoms with Crippen molar-refractivity contribution in [1.29, 1.82) is 0 Å². The molecule has 2 aliphatic carbocycles. The lowest BCUT2D eigenvalue weighted by atomic mass is 9.77. The molecule has 28 heavy (non-hydrogen) atoms. The molecule has 0 N–H and O–H groups in total. The lowest BCUT2D eigenvalue weighted by Crippen LogP contribution is -2.27. The normalized spacial score (nSPS) is 22.9. The molecule has 150 valence electrons. The molecule has 0 bridgehead atoms. The molecule has 4 rings (SSSR count). The predicted octanol–water partition coefficient (Wildman–Crippen LogP) is 4.57. The summed E-state index contributed by atoms with van der Waals surface area (Å²) in [5.41, 5.74) is 1.79. The van der Waals surface area contributed by atoms with Crippen molar-refractivity contribution >= 4 is 6.29 Å². The molecule has 2 heterocycles. The van der Waals surface area contributed by atoms with Gasteiger partial charge in [-0.05, 0) is 31.7 Å². The van der Waals surface area contributed by atoms with Gasteiger partial charge in [0.05, 0.1) is 32.2 Å². The zero-order chi connectivity index (χ0) is 19.3. The highest BCUT2D eigenvalue weighted by molar-refractivity contribution is 5.83. The van der Waals surface area contributed by atoms with Gasteiger partial charge in [0.25, 0.3) is 0 Å². The van der Waals surface area contributed by atoms with E-state index in [0.29, 0.717) is 41.5 Å². The maximum atomic E-state index is 11.5. The van der Waals surface area contributed by atoms with Crippen LogP contribution in [-0.2, 0) is 0 Å². The van der Waals surface area contributed by atoms with Gasteiger partial charge in [0.1, 0.15) is 5.56 Å². The van der Waals surface area contributed by atoms with Gasteiger partial charge in [-0.1, -0.05) is 25.7 Å². The molecule has 2 fully saturated rings. The second-order valence-electron chi connectivity index (χ2n) is 7.97. The third kappa shape index (κ3) is 3.77. The van der Waals surface area contributed by atoms with Gasteiger partial charge in [-0.3, -0.25) is 14.5 Å². The van der Waals surface area contributed by atoms with Gasteiger partial charge in [-0.2, -0.15) is 5.10 Å². The van der Waals surface area contributed by atoms with E-state index in [1.165, 1.54) is 57.7 Å². The number of aldehydes is 1. The molecule has 6 heteroatoms. The van der Waals surface area contributed by atoms with Gasteiger partial charge in [-0.15, -0.1) is 0 Å². The fourth-order valence-corrected chi connectivity index (χ4v) is 4.89. The Balaban J connectivity index is 1.51. The summed E-state index contributed by atoms with van der Waals surface area (Å²) in [6.07, 6.45) is 15.7. The molecule has 0 saturated heterocycles. The van der Waals surface area contributed by atoms with Gasteiger partial charge in [-0.25, -0.2) is 0 Å². The number of hydrogen-bond acceptors (Lipinski definition) is 5. The Hall–Kier alpha value is -2.37. The van der Waals surface area contributed by atoms with Crippen LogP contribution in [0.2, 0.25) is 0 Å². The molecular formula is C22H29N3O3. The first-order valence-electron chi connectivity index (χ1n) is 10.4. The largest absolute Gasteiger partial charge is 0.494 e. The fourth-order valence-electron chi connectivity index (χ4n) is 4.89. The highest BCUT2D eigenvalue weighted by Gasteiger charge is 2.32. The van der Waals surface area contributed by atoms with Crippen LogP contribution >= 0.6 is 0 Å². The minimum absolute atomic E-state index is 0.413. The highest BCUT2D eigenvalue weighted by Crippen LogP contribution is 2.41. The molecule has 2 saturated carbocycles. The minimum atomic E-state index is 0.413. The monoisotopic (exact) mass is 383 g/mol. The van der Waals surface area contributed by atoms with Gasteiger partial charge in [0, 0.05) is 23.7 Å². The van der Waals surface area contributed by atoms with Crippen LogP contribution in [0.5, 0.6) is 11.5 Å². The number of hydrogen-bond donors (Lipinski definition) is 0. The summed E-state index contributed by atoms with van der Waals surface area (Å²) in [6.45, 7) is 0.580. The van der Waals surface area contributed by atoms with Crippen LogP contribution in [0.4, 0.5) is 0 Å². The number of pyridine rings is 1. The lowest BCUT2D eigenvalue weighted by Gasteiger charge is -2.32. The Morgan fingerprint density at radius 1 is 1.11 bits per heavy atom. The molecule has 2 aromatic heterocycles. The molecule has 0 amide bonds. The summed E-state index contributed by atoms with van der Waals surface area (Å²) in [5.74, 6) is 1.82. The predicted molar refractivity (Wildman–Crippen MR) is 106 cm³/mol. The molecule has 2 aromatic rings. The van der Waals surface area contributed by atoms with Crippen LogP contribution in [0.1, 0.15) is 79.4 Å². The van der Waals surface area contributed by atoms with Crippen molar-refractivity contribution in [1.82, 2.24) is 14.8 Å². The van der Waals surface area contributed by atoms with Crippen molar-refractivity contribution in [3.05, 3.63) is 35.9 Å². The summed E-state index contributed by atoms with van der Waals surface area (Å²) >= 11 is 0. The van der Waals surface area contributed by atoms with Crippen molar-refractivity contribution in [3.63, 3.8) is 0 Å². The first-order valence-corrected chi connectivity index (χ1v) is 10.4. The van der Waals surface area contributed by atoms with Crippen molar-refractivity contribution in [3.8, 4) is 11.5 Å². The molecule has 6 nitrogen and oxygen atoms in total. The van der Waals surface area contributed by atoms with E-state index in [2.05, 4.69) is 20.8 Å². The van der Waals surface area contributed by atoms with Gasteiger partial charge in [0.2, 0.25) is 0 Å². The van der Waals surface area contributed by atoms with E-state index in [0.717, 1.165) is 12.7 Å². The molecule has 0 spiro atoms. The van der Waals surface area contributed by atoms with E-state index >= 15 is 0 Å². The molecule has 0 aliphatic heterocycles. The second-order valence-corrected chi connectivity index (χ2v) is 7.97. The van der Waals surface area contributed by atoms with E-state index in [9.17, 15) is 4.79 Å². The topological polar surface area (TPSA) is 66.2 Å². The SMILES string of the molecule is COc1cncc(OCC2CCCCC2c2ccnn2C2CCCC2)c1C=O. The number of carbonyl (C=O) groups is 1. The maximum Gasteiger partial charge on any atom is 0.157 e. The Labute approximate surface area is 166 Å². The Bertz CT molecular complexity index is 798. The van der Waals surface area contributed by atoms with Crippen LogP contribution in [0.15, 0.2) is 24.7 Å². The Morgan fingerprint density at radius 3 is 2.64 bits per heavy atom. The number of rotatable bonds is 7. The fraction of sp³-hybridized carbons (Fsp3) is 0.591. The van der Waals surface area contributed by atoms with Crippen molar-refractivity contribution in [2.75, 3.05) is 13.7 Å². The molecule has 0 aromatic carbocycles. The molecular weight excluding hydrogens is 354 g/mol. The van der Waals surface area contributed by atoms with Crippen LogP contribution in [-0.4, -0.2) is 34.8 Å². The average molecular weight is 383 g/mol. The Morgan fingerprint density at radius 2 is 1.86 bits per heavy atom. The number of aromatic nitrogens is 3. The van der Waals surface area contributed by atoms with Gasteiger partial charge < -0.3 is 9.47 Å². The Kier molecular flexibility index (Phi) is 5.93. The van der Waals surface area contributed by atoms with Gasteiger partial charge in [0.15, 0.2) is 17.8 Å². The first-order chi connectivity index (χ1) is 13.8. The summed E-state index contributed by atoms with van der Waals surface area (Å²) in [5, 5.41) is 4.68. The number of nitrogens with zero attached hydrogens (tertiary/aromatic N) is 3. The molecule has 2 atom stereocenters. The summed E-state index contributed by atoms with van der Waals surface area (Å²) in [6, 6.07) is 2.75. The number of carbonyl (C=O) groups excluding carboxylic acids is 1. The molecule has 0 radical (unpaired) electrons. The van der Waals surface area contributed by atoms with E-state index in [1.54, 1.807) is 12.4 Å². The molecule has 2 unspecified atom stereocenters. The summed E-state index contributed by atoms with van der Waals surface area (Å²) < 4.78 is 13.6. The highest BCUT2D eigenvalue weighted by atomic mass is 16.5. The third-order valence-electron chi connectivity index (χ3n) is 6.37. The summed E-state index contributed by atoms with van der Waals surface area (Å²) in [4.78, 5) is 15.6.